The summed E-state index contributed by atoms with van der Waals surface area (Å²) in [6.07, 6.45) is 1.71. The number of rotatable bonds is 2. The van der Waals surface area contributed by atoms with Crippen LogP contribution in [0.25, 0.3) is 5.65 Å². The molecule has 3 rings (SSSR count). The molecule has 0 aliphatic rings. The third kappa shape index (κ3) is 2.48. The number of aromatic nitrogens is 2. The lowest BCUT2D eigenvalue weighted by molar-refractivity contribution is 0.102. The Hall–Kier alpha value is -2.95. The van der Waals surface area contributed by atoms with E-state index in [0.717, 1.165) is 5.56 Å². The first-order valence-corrected chi connectivity index (χ1v) is 6.92. The molecule has 1 amide bonds. The maximum Gasteiger partial charge on any atom is 0.281 e. The Morgan fingerprint density at radius 3 is 2.55 bits per heavy atom. The van der Waals surface area contributed by atoms with Crippen molar-refractivity contribution < 1.29 is 4.79 Å². The predicted molar refractivity (Wildman–Crippen MR) is 85.3 cm³/mol. The molecule has 0 fully saturated rings. The maximum atomic E-state index is 12.6. The molecule has 2 aromatic heterocycles. The second-order valence-corrected chi connectivity index (χ2v) is 5.13. The number of nitrogens with one attached hydrogen (secondary N) is 1. The first kappa shape index (κ1) is 14.0. The third-order valence-corrected chi connectivity index (χ3v) is 3.43. The molecular formula is C17H15N3O2. The Balaban J connectivity index is 2.07. The molecule has 0 bridgehead atoms. The highest BCUT2D eigenvalue weighted by molar-refractivity contribution is 6.04. The van der Waals surface area contributed by atoms with Crippen molar-refractivity contribution in [2.45, 2.75) is 13.8 Å². The van der Waals surface area contributed by atoms with E-state index < -0.39 is 0 Å². The van der Waals surface area contributed by atoms with Crippen LogP contribution in [0.5, 0.6) is 0 Å². The van der Waals surface area contributed by atoms with E-state index in [9.17, 15) is 9.59 Å². The van der Waals surface area contributed by atoms with E-state index >= 15 is 0 Å². The molecule has 22 heavy (non-hydrogen) atoms. The molecule has 0 saturated heterocycles. The number of carbonyl (C=O) groups excluding carboxylic acids is 1. The van der Waals surface area contributed by atoms with E-state index in [-0.39, 0.29) is 17.2 Å². The lowest BCUT2D eigenvalue weighted by Crippen LogP contribution is -2.25. The summed E-state index contributed by atoms with van der Waals surface area (Å²) in [7, 11) is 0. The molecule has 0 aliphatic carbocycles. The number of aryl methyl sites for hydroxylation is 2. The maximum absolute atomic E-state index is 12.6. The van der Waals surface area contributed by atoms with Crippen molar-refractivity contribution >= 4 is 17.2 Å². The highest BCUT2D eigenvalue weighted by Gasteiger charge is 2.13. The topological polar surface area (TPSA) is 63.5 Å². The second-order valence-electron chi connectivity index (χ2n) is 5.13. The van der Waals surface area contributed by atoms with Gasteiger partial charge >= 0.3 is 0 Å². The van der Waals surface area contributed by atoms with Gasteiger partial charge in [-0.2, -0.15) is 0 Å². The van der Waals surface area contributed by atoms with E-state index in [1.807, 2.05) is 19.1 Å². The van der Waals surface area contributed by atoms with Crippen LogP contribution in [0.2, 0.25) is 0 Å². The van der Waals surface area contributed by atoms with Gasteiger partial charge in [-0.3, -0.25) is 14.0 Å². The number of hydrogen-bond donors (Lipinski definition) is 1. The molecule has 5 nitrogen and oxygen atoms in total. The average molecular weight is 293 g/mol. The van der Waals surface area contributed by atoms with Gasteiger partial charge in [0.1, 0.15) is 11.3 Å². The van der Waals surface area contributed by atoms with E-state index in [2.05, 4.69) is 10.3 Å². The number of carbonyl (C=O) groups is 1. The lowest BCUT2D eigenvalue weighted by Gasteiger charge is -2.10. The predicted octanol–water partition coefficient (Wildman–Crippen LogP) is 2.56. The molecule has 0 radical (unpaired) electrons. The largest absolute Gasteiger partial charge is 0.316 e. The Labute approximate surface area is 127 Å². The molecule has 3 aromatic rings. The summed E-state index contributed by atoms with van der Waals surface area (Å²) in [5, 5.41) is 2.67. The van der Waals surface area contributed by atoms with Crippen LogP contribution in [0.4, 0.5) is 5.69 Å². The molecule has 1 N–H and O–H groups in total. The first-order valence-electron chi connectivity index (χ1n) is 6.92. The van der Waals surface area contributed by atoms with Crippen LogP contribution in [0.3, 0.4) is 0 Å². The fraction of sp³-hybridized carbons (Fsp3) is 0.118. The van der Waals surface area contributed by atoms with Crippen LogP contribution < -0.4 is 10.9 Å². The molecular weight excluding hydrogens is 278 g/mol. The van der Waals surface area contributed by atoms with Gasteiger partial charge in [0, 0.05) is 11.8 Å². The van der Waals surface area contributed by atoms with Crippen molar-refractivity contribution in [3.05, 3.63) is 75.8 Å². The Bertz CT molecular complexity index is 914. The van der Waals surface area contributed by atoms with E-state index in [1.54, 1.807) is 43.5 Å². The second kappa shape index (κ2) is 5.44. The fourth-order valence-corrected chi connectivity index (χ4v) is 2.27. The smallest absolute Gasteiger partial charge is 0.281 e. The zero-order valence-corrected chi connectivity index (χ0v) is 12.3. The number of fused-ring (bicyclic) bond motifs is 1. The summed E-state index contributed by atoms with van der Waals surface area (Å²) < 4.78 is 1.45. The van der Waals surface area contributed by atoms with Crippen molar-refractivity contribution in [3.63, 3.8) is 0 Å². The van der Waals surface area contributed by atoms with Crippen LogP contribution >= 0.6 is 0 Å². The molecule has 0 spiro atoms. The Kier molecular flexibility index (Phi) is 3.47. The number of nitrogens with zero attached hydrogens (tertiary/aromatic N) is 2. The normalized spacial score (nSPS) is 10.6. The van der Waals surface area contributed by atoms with Gasteiger partial charge in [0.15, 0.2) is 0 Å². The fourth-order valence-electron chi connectivity index (χ4n) is 2.27. The molecule has 110 valence electrons. The van der Waals surface area contributed by atoms with Gasteiger partial charge in [0.25, 0.3) is 11.5 Å². The third-order valence-electron chi connectivity index (χ3n) is 3.43. The minimum Gasteiger partial charge on any atom is -0.316 e. The first-order chi connectivity index (χ1) is 10.6. The van der Waals surface area contributed by atoms with Gasteiger partial charge in [-0.1, -0.05) is 24.3 Å². The summed E-state index contributed by atoms with van der Waals surface area (Å²) >= 11 is 0. The zero-order chi connectivity index (χ0) is 15.7. The van der Waals surface area contributed by atoms with Gasteiger partial charge in [-0.15, -0.1) is 0 Å². The SMILES string of the molecule is Cc1ccc2nc(C)c(NC(=O)c3ccccc3)c(=O)n2c1. The molecule has 2 heterocycles. The molecule has 0 aliphatic heterocycles. The van der Waals surface area contributed by atoms with Crippen LogP contribution in [0.15, 0.2) is 53.5 Å². The standard InChI is InChI=1S/C17H15N3O2/c1-11-8-9-14-18-12(2)15(17(22)20(14)10-11)19-16(21)13-6-4-3-5-7-13/h3-10H,1-2H3,(H,19,21). The van der Waals surface area contributed by atoms with Gasteiger partial charge in [0.05, 0.1) is 5.69 Å². The van der Waals surface area contributed by atoms with Crippen molar-refractivity contribution in [2.24, 2.45) is 0 Å². The number of anilines is 1. The minimum absolute atomic E-state index is 0.206. The van der Waals surface area contributed by atoms with E-state index in [1.165, 1.54) is 4.40 Å². The van der Waals surface area contributed by atoms with Crippen LogP contribution in [0.1, 0.15) is 21.6 Å². The number of amides is 1. The molecule has 0 atom stereocenters. The Morgan fingerprint density at radius 2 is 1.82 bits per heavy atom. The van der Waals surface area contributed by atoms with Gasteiger partial charge in [-0.05, 0) is 37.6 Å². The summed E-state index contributed by atoms with van der Waals surface area (Å²) in [6, 6.07) is 12.4. The summed E-state index contributed by atoms with van der Waals surface area (Å²) in [6.45, 7) is 3.61. The van der Waals surface area contributed by atoms with Crippen LogP contribution in [-0.2, 0) is 0 Å². The van der Waals surface area contributed by atoms with E-state index in [4.69, 9.17) is 0 Å². The van der Waals surface area contributed by atoms with Crippen molar-refractivity contribution in [1.82, 2.24) is 9.38 Å². The van der Waals surface area contributed by atoms with Gasteiger partial charge < -0.3 is 5.32 Å². The lowest BCUT2D eigenvalue weighted by atomic mass is 10.2. The number of benzene rings is 1. The summed E-state index contributed by atoms with van der Waals surface area (Å²) in [4.78, 5) is 29.2. The monoisotopic (exact) mass is 293 g/mol. The molecule has 0 unspecified atom stereocenters. The molecule has 0 saturated carbocycles. The summed E-state index contributed by atoms with van der Waals surface area (Å²) in [5.41, 5.74) is 2.42. The van der Waals surface area contributed by atoms with Crippen molar-refractivity contribution in [1.29, 1.82) is 0 Å². The van der Waals surface area contributed by atoms with Gasteiger partial charge in [-0.25, -0.2) is 4.98 Å². The number of pyridine rings is 1. The van der Waals surface area contributed by atoms with Gasteiger partial charge in [0.2, 0.25) is 0 Å². The average Bonchev–Trinajstić information content (AvgIpc) is 2.53. The molecule has 5 heteroatoms. The van der Waals surface area contributed by atoms with Crippen molar-refractivity contribution in [3.8, 4) is 0 Å². The quantitative estimate of drug-likeness (QED) is 0.790. The number of hydrogen-bond acceptors (Lipinski definition) is 3. The van der Waals surface area contributed by atoms with Crippen LogP contribution in [-0.4, -0.2) is 15.3 Å². The zero-order valence-electron chi connectivity index (χ0n) is 12.3. The highest BCUT2D eigenvalue weighted by Crippen LogP contribution is 2.11. The molecule has 1 aromatic carbocycles. The Morgan fingerprint density at radius 1 is 1.09 bits per heavy atom. The highest BCUT2D eigenvalue weighted by atomic mass is 16.2. The van der Waals surface area contributed by atoms with Crippen molar-refractivity contribution in [2.75, 3.05) is 5.32 Å². The van der Waals surface area contributed by atoms with Crippen LogP contribution in [0, 0.1) is 13.8 Å². The van der Waals surface area contributed by atoms with E-state index in [0.29, 0.717) is 16.9 Å². The minimum atomic E-state index is -0.324. The summed E-state index contributed by atoms with van der Waals surface area (Å²) in [5.74, 6) is -0.324.